The van der Waals surface area contributed by atoms with Crippen molar-refractivity contribution in [3.8, 4) is 0 Å². The zero-order chi connectivity index (χ0) is 36.7. The molecular weight excluding hydrogens is 676 g/mol. The third kappa shape index (κ3) is 9.14. The third-order valence-electron chi connectivity index (χ3n) is 8.34. The lowest BCUT2D eigenvalue weighted by molar-refractivity contribution is 0.0967. The second-order valence-corrected chi connectivity index (χ2v) is 14.3. The van der Waals surface area contributed by atoms with Crippen molar-refractivity contribution in [1.82, 2.24) is 19.0 Å². The first-order valence-electron chi connectivity index (χ1n) is 16.0. The van der Waals surface area contributed by atoms with E-state index in [2.05, 4.69) is 32.5 Å². The van der Waals surface area contributed by atoms with E-state index in [1.54, 1.807) is 13.2 Å². The molecule has 2 N–H and O–H groups in total. The molecule has 17 heteroatoms. The van der Waals surface area contributed by atoms with Crippen LogP contribution in [0.3, 0.4) is 0 Å². The minimum absolute atomic E-state index is 0.0116. The van der Waals surface area contributed by atoms with E-state index >= 15 is 0 Å². The molecule has 0 radical (unpaired) electrons. The lowest BCUT2D eigenvalue weighted by Gasteiger charge is -2.28. The van der Waals surface area contributed by atoms with E-state index in [1.165, 1.54) is 7.11 Å². The molecule has 0 saturated carbocycles. The van der Waals surface area contributed by atoms with Gasteiger partial charge in [0.1, 0.15) is 18.2 Å². The molecule has 2 aromatic carbocycles. The topological polar surface area (TPSA) is 148 Å². The fourth-order valence-electron chi connectivity index (χ4n) is 5.43. The fraction of sp³-hybridized carbons (Fsp3) is 0.485. The van der Waals surface area contributed by atoms with E-state index in [0.29, 0.717) is 24.1 Å². The van der Waals surface area contributed by atoms with Crippen LogP contribution in [0.15, 0.2) is 41.3 Å². The Bertz CT molecular complexity index is 1770. The number of carbonyl (C=O) groups excluding carboxylic acids is 2. The summed E-state index contributed by atoms with van der Waals surface area (Å²) in [6.07, 6.45) is -0.861. The number of aromatic nitrogens is 2. The second kappa shape index (κ2) is 16.7. The summed E-state index contributed by atoms with van der Waals surface area (Å²) >= 11 is 0. The number of rotatable bonds is 15. The van der Waals surface area contributed by atoms with Crippen molar-refractivity contribution >= 4 is 39.2 Å². The van der Waals surface area contributed by atoms with Gasteiger partial charge in [0.2, 0.25) is 10.0 Å². The molecule has 1 amide bonds. The summed E-state index contributed by atoms with van der Waals surface area (Å²) in [4.78, 5) is 30.6. The van der Waals surface area contributed by atoms with Gasteiger partial charge in [0.15, 0.2) is 5.82 Å². The Morgan fingerprint density at radius 3 is 2.36 bits per heavy atom. The summed E-state index contributed by atoms with van der Waals surface area (Å²) in [5, 5.41) is 10.4. The highest BCUT2D eigenvalue weighted by Gasteiger charge is 2.35. The molecule has 1 aliphatic heterocycles. The van der Waals surface area contributed by atoms with Crippen LogP contribution < -0.4 is 15.5 Å². The minimum Gasteiger partial charge on any atom is -0.445 e. The predicted molar refractivity (Wildman–Crippen MR) is 184 cm³/mol. The molecule has 1 aromatic heterocycles. The Kier molecular flexibility index (Phi) is 12.9. The number of amides is 1. The zero-order valence-electron chi connectivity index (χ0n) is 29.3. The molecule has 274 valence electrons. The van der Waals surface area contributed by atoms with Gasteiger partial charge < -0.3 is 34.6 Å². The fourth-order valence-corrected chi connectivity index (χ4v) is 6.89. The summed E-state index contributed by atoms with van der Waals surface area (Å²) < 4.78 is 72.5. The number of anilines is 3. The van der Waals surface area contributed by atoms with Crippen molar-refractivity contribution in [2.24, 2.45) is 0 Å². The smallest absolute Gasteiger partial charge is 0.435 e. The third-order valence-corrected chi connectivity index (χ3v) is 10.2. The molecule has 50 heavy (non-hydrogen) atoms. The molecule has 3 aromatic rings. The number of sulfonamides is 1. The van der Waals surface area contributed by atoms with Crippen LogP contribution in [0.1, 0.15) is 35.5 Å². The van der Waals surface area contributed by atoms with Crippen molar-refractivity contribution < 1.29 is 41.0 Å². The summed E-state index contributed by atoms with van der Waals surface area (Å²) in [5.74, 6) is -2.75. The maximum Gasteiger partial charge on any atom is 0.435 e. The average molecular weight is 722 g/mol. The average Bonchev–Trinajstić information content (AvgIpc) is 3.41. The van der Waals surface area contributed by atoms with Crippen LogP contribution in [-0.4, -0.2) is 120 Å². The molecular formula is C33H45F2N7O7S. The van der Waals surface area contributed by atoms with Crippen LogP contribution in [0.5, 0.6) is 0 Å². The largest absolute Gasteiger partial charge is 0.445 e. The molecule has 1 aliphatic rings. The van der Waals surface area contributed by atoms with E-state index in [1.807, 2.05) is 40.2 Å². The van der Waals surface area contributed by atoms with Gasteiger partial charge in [-0.2, -0.15) is 8.99 Å². The molecule has 1 unspecified atom stereocenters. The first-order chi connectivity index (χ1) is 23.7. The molecule has 0 fully saturated rings. The quantitative estimate of drug-likeness (QED) is 0.222. The number of likely N-dealkylation sites (N-methyl/N-ethyl adjacent to an activating group) is 2. The van der Waals surface area contributed by atoms with E-state index in [4.69, 9.17) is 14.2 Å². The molecule has 14 nitrogen and oxygen atoms in total. The monoisotopic (exact) mass is 721 g/mol. The van der Waals surface area contributed by atoms with Crippen LogP contribution in [0, 0.1) is 11.6 Å². The van der Waals surface area contributed by atoms with Gasteiger partial charge in [0.25, 0.3) is 5.91 Å². The molecule has 4 rings (SSSR count). The number of nitrogens with one attached hydrogen (secondary N) is 2. The number of hydrogen-bond donors (Lipinski definition) is 2. The Morgan fingerprint density at radius 2 is 1.72 bits per heavy atom. The Morgan fingerprint density at radius 1 is 1.02 bits per heavy atom. The standard InChI is InChI=1S/C33H45F2N7O7S/c1-21(20-48-7)36-29-17-25(40(5)18-22(2)39(3)4)8-9-27(29)32(43)37-31-28-19-41(50(45,46)26-15-23(34)14-24(35)16-26)11-10-30(28)42(38-31)33(44)49-13-12-47-6/h8-9,14-17,21-22,36H,10-13,18-20H2,1-7H3,(H,37,38,43)/t21?,22-/m0/s1. The van der Waals surface area contributed by atoms with Crippen molar-refractivity contribution in [3.05, 3.63) is 64.9 Å². The summed E-state index contributed by atoms with van der Waals surface area (Å²) in [6, 6.07) is 7.46. The van der Waals surface area contributed by atoms with Gasteiger partial charge in [0.05, 0.1) is 29.4 Å². The molecule has 0 saturated heterocycles. The SMILES string of the molecule is COCCOC(=O)n1nc(NC(=O)c2ccc(N(C)C[C@H](C)N(C)C)cc2NC(C)COC)c2c1CCN(S(=O)(=O)c1cc(F)cc(F)c1)C2. The number of methoxy groups -OCH3 is 2. The number of fused-ring (bicyclic) bond motifs is 1. The Labute approximate surface area is 291 Å². The first kappa shape index (κ1) is 38.6. The number of nitrogens with zero attached hydrogens (tertiary/aromatic N) is 5. The van der Waals surface area contributed by atoms with Gasteiger partial charge in [-0.25, -0.2) is 22.0 Å². The Hall–Kier alpha value is -4.16. The van der Waals surface area contributed by atoms with Crippen LogP contribution >= 0.6 is 0 Å². The van der Waals surface area contributed by atoms with E-state index in [9.17, 15) is 26.8 Å². The lowest BCUT2D eigenvalue weighted by atomic mass is 10.1. The van der Waals surface area contributed by atoms with Gasteiger partial charge in [-0.05, 0) is 58.3 Å². The van der Waals surface area contributed by atoms with Crippen LogP contribution in [-0.2, 0) is 37.2 Å². The van der Waals surface area contributed by atoms with Gasteiger partial charge in [-0.15, -0.1) is 5.10 Å². The summed E-state index contributed by atoms with van der Waals surface area (Å²) in [5.41, 5.74) is 2.17. The van der Waals surface area contributed by atoms with Crippen molar-refractivity contribution in [3.63, 3.8) is 0 Å². The lowest BCUT2D eigenvalue weighted by Crippen LogP contribution is -2.37. The van der Waals surface area contributed by atoms with E-state index in [0.717, 1.165) is 33.4 Å². The predicted octanol–water partition coefficient (Wildman–Crippen LogP) is 3.62. The maximum atomic E-state index is 14.0. The molecule has 2 atom stereocenters. The highest BCUT2D eigenvalue weighted by Crippen LogP contribution is 2.32. The summed E-state index contributed by atoms with van der Waals surface area (Å²) in [7, 11) is 4.60. The molecule has 2 heterocycles. The van der Waals surface area contributed by atoms with Crippen molar-refractivity contribution in [2.75, 3.05) is 83.8 Å². The Balaban J connectivity index is 1.71. The van der Waals surface area contributed by atoms with Gasteiger partial charge in [-0.3, -0.25) is 4.79 Å². The highest BCUT2D eigenvalue weighted by atomic mass is 32.2. The van der Waals surface area contributed by atoms with Crippen LogP contribution in [0.2, 0.25) is 0 Å². The summed E-state index contributed by atoms with van der Waals surface area (Å²) in [6.45, 7) is 4.67. The van der Waals surface area contributed by atoms with Crippen molar-refractivity contribution in [1.29, 1.82) is 0 Å². The molecule has 0 spiro atoms. The van der Waals surface area contributed by atoms with Crippen LogP contribution in [0.4, 0.5) is 30.8 Å². The van der Waals surface area contributed by atoms with Crippen LogP contribution in [0.25, 0.3) is 0 Å². The van der Waals surface area contributed by atoms with E-state index < -0.39 is 38.6 Å². The minimum atomic E-state index is -4.39. The number of benzene rings is 2. The first-order valence-corrected chi connectivity index (χ1v) is 17.4. The molecule has 0 bridgehead atoms. The van der Waals surface area contributed by atoms with E-state index in [-0.39, 0.29) is 61.8 Å². The highest BCUT2D eigenvalue weighted by molar-refractivity contribution is 7.89. The number of carbonyl (C=O) groups is 2. The maximum absolute atomic E-state index is 14.0. The zero-order valence-corrected chi connectivity index (χ0v) is 30.1. The van der Waals surface area contributed by atoms with Gasteiger partial charge in [0, 0.05) is 82.4 Å². The number of ether oxygens (including phenoxy) is 3. The normalized spacial score (nSPS) is 14.6. The number of halogens is 2. The van der Waals surface area contributed by atoms with Crippen molar-refractivity contribution in [2.45, 2.75) is 43.8 Å². The second-order valence-electron chi connectivity index (χ2n) is 12.4. The molecule has 0 aliphatic carbocycles. The van der Waals surface area contributed by atoms with Gasteiger partial charge >= 0.3 is 6.09 Å². The van der Waals surface area contributed by atoms with Gasteiger partial charge in [-0.1, -0.05) is 0 Å². The number of hydrogen-bond acceptors (Lipinski definition) is 11.